The van der Waals surface area contributed by atoms with Crippen LogP contribution in [0.3, 0.4) is 0 Å². The van der Waals surface area contributed by atoms with E-state index in [2.05, 4.69) is 4.98 Å². The van der Waals surface area contributed by atoms with Crippen LogP contribution in [0.1, 0.15) is 17.0 Å². The number of carbonyl (C=O) groups excluding carboxylic acids is 1. The van der Waals surface area contributed by atoms with Gasteiger partial charge in [0, 0.05) is 5.69 Å². The molecule has 0 amide bonds. The van der Waals surface area contributed by atoms with Crippen LogP contribution >= 0.6 is 0 Å². The highest BCUT2D eigenvalue weighted by atomic mass is 16.5. The van der Waals surface area contributed by atoms with Crippen molar-refractivity contribution in [2.45, 2.75) is 20.0 Å². The molecule has 0 spiro atoms. The third-order valence-corrected chi connectivity index (χ3v) is 1.91. The number of hydrogen-bond acceptors (Lipinski definition) is 3. The molecule has 1 aliphatic heterocycles. The van der Waals surface area contributed by atoms with E-state index >= 15 is 0 Å². The maximum Gasteiger partial charge on any atom is 0.310 e. The molecule has 62 valence electrons. The van der Waals surface area contributed by atoms with Crippen LogP contribution in [-0.4, -0.2) is 11.0 Å². The van der Waals surface area contributed by atoms with E-state index in [1.807, 2.05) is 19.1 Å². The van der Waals surface area contributed by atoms with E-state index in [0.29, 0.717) is 13.0 Å². The molecule has 0 saturated heterocycles. The number of nitrogens with zero attached hydrogens (tertiary/aromatic N) is 1. The van der Waals surface area contributed by atoms with Gasteiger partial charge in [0.2, 0.25) is 0 Å². The van der Waals surface area contributed by atoms with Crippen molar-refractivity contribution >= 4 is 5.97 Å². The molecular formula is C9H9NO2. The average Bonchev–Trinajstić information content (AvgIpc) is 2.05. The Kier molecular flexibility index (Phi) is 1.57. The first-order valence-corrected chi connectivity index (χ1v) is 3.87. The summed E-state index contributed by atoms with van der Waals surface area (Å²) < 4.78 is 4.86. The van der Waals surface area contributed by atoms with Gasteiger partial charge in [-0.1, -0.05) is 6.07 Å². The Balaban J connectivity index is 2.43. The first-order chi connectivity index (χ1) is 5.75. The Morgan fingerprint density at radius 3 is 3.17 bits per heavy atom. The van der Waals surface area contributed by atoms with Gasteiger partial charge in [-0.15, -0.1) is 0 Å². The van der Waals surface area contributed by atoms with Crippen LogP contribution in [0.15, 0.2) is 12.1 Å². The second-order valence-electron chi connectivity index (χ2n) is 2.90. The van der Waals surface area contributed by atoms with Gasteiger partial charge in [0.25, 0.3) is 0 Å². The molecule has 0 unspecified atom stereocenters. The topological polar surface area (TPSA) is 39.2 Å². The quantitative estimate of drug-likeness (QED) is 0.535. The molecule has 12 heavy (non-hydrogen) atoms. The third-order valence-electron chi connectivity index (χ3n) is 1.91. The molecule has 3 nitrogen and oxygen atoms in total. The normalized spacial score (nSPS) is 15.2. The van der Waals surface area contributed by atoms with Crippen LogP contribution in [0, 0.1) is 6.92 Å². The van der Waals surface area contributed by atoms with Crippen molar-refractivity contribution in [3.63, 3.8) is 0 Å². The second-order valence-corrected chi connectivity index (χ2v) is 2.90. The fourth-order valence-corrected chi connectivity index (χ4v) is 1.28. The Bertz CT molecular complexity index is 333. The summed E-state index contributed by atoms with van der Waals surface area (Å²) in [5.41, 5.74) is 2.86. The predicted molar refractivity (Wildman–Crippen MR) is 42.5 cm³/mol. The van der Waals surface area contributed by atoms with Crippen LogP contribution < -0.4 is 0 Å². The molecule has 1 aliphatic rings. The smallest absolute Gasteiger partial charge is 0.310 e. The number of carbonyl (C=O) groups is 1. The lowest BCUT2D eigenvalue weighted by atomic mass is 10.1. The van der Waals surface area contributed by atoms with Crippen molar-refractivity contribution < 1.29 is 9.53 Å². The third kappa shape index (κ3) is 1.18. The van der Waals surface area contributed by atoms with Gasteiger partial charge in [0.15, 0.2) is 0 Å². The zero-order valence-electron chi connectivity index (χ0n) is 6.83. The molecule has 2 heterocycles. The fourth-order valence-electron chi connectivity index (χ4n) is 1.28. The molecule has 0 N–H and O–H groups in total. The molecule has 0 saturated carbocycles. The maximum absolute atomic E-state index is 10.9. The van der Waals surface area contributed by atoms with Crippen LogP contribution in [0.5, 0.6) is 0 Å². The summed E-state index contributed by atoms with van der Waals surface area (Å²) in [4.78, 5) is 15.1. The lowest BCUT2D eigenvalue weighted by Crippen LogP contribution is -2.17. The Labute approximate surface area is 70.4 Å². The summed E-state index contributed by atoms with van der Waals surface area (Å²) in [5, 5.41) is 0. The summed E-state index contributed by atoms with van der Waals surface area (Å²) in [6, 6.07) is 3.86. The Morgan fingerprint density at radius 1 is 1.50 bits per heavy atom. The van der Waals surface area contributed by atoms with Crippen LogP contribution in [0.4, 0.5) is 0 Å². The van der Waals surface area contributed by atoms with Crippen LogP contribution in [0.25, 0.3) is 0 Å². The maximum atomic E-state index is 10.9. The molecular weight excluding hydrogens is 154 g/mol. The molecule has 2 rings (SSSR count). The van der Waals surface area contributed by atoms with E-state index in [0.717, 1.165) is 17.0 Å². The van der Waals surface area contributed by atoms with Gasteiger partial charge < -0.3 is 4.74 Å². The SMILES string of the molecule is Cc1ccc2c(n1)COC(=O)C2. The highest BCUT2D eigenvalue weighted by molar-refractivity contribution is 5.74. The Morgan fingerprint density at radius 2 is 2.33 bits per heavy atom. The largest absolute Gasteiger partial charge is 0.459 e. The van der Waals surface area contributed by atoms with Crippen LogP contribution in [0.2, 0.25) is 0 Å². The minimum absolute atomic E-state index is 0.159. The van der Waals surface area contributed by atoms with Crippen molar-refractivity contribution in [2.24, 2.45) is 0 Å². The minimum atomic E-state index is -0.159. The number of rotatable bonds is 0. The number of pyridine rings is 1. The molecule has 0 radical (unpaired) electrons. The molecule has 1 aromatic rings. The monoisotopic (exact) mass is 163 g/mol. The highest BCUT2D eigenvalue weighted by Crippen LogP contribution is 2.15. The number of fused-ring (bicyclic) bond motifs is 1. The van der Waals surface area contributed by atoms with Crippen LogP contribution in [-0.2, 0) is 22.6 Å². The summed E-state index contributed by atoms with van der Waals surface area (Å²) >= 11 is 0. The fraction of sp³-hybridized carbons (Fsp3) is 0.333. The van der Waals surface area contributed by atoms with Gasteiger partial charge in [-0.2, -0.15) is 0 Å². The summed E-state index contributed by atoms with van der Waals surface area (Å²) in [6.45, 7) is 2.26. The zero-order chi connectivity index (χ0) is 8.55. The van der Waals surface area contributed by atoms with Gasteiger partial charge in [-0.05, 0) is 18.6 Å². The second kappa shape index (κ2) is 2.59. The molecule has 0 fully saturated rings. The summed E-state index contributed by atoms with van der Waals surface area (Å²) in [5.74, 6) is -0.159. The highest BCUT2D eigenvalue weighted by Gasteiger charge is 2.16. The van der Waals surface area contributed by atoms with Gasteiger partial charge in [-0.3, -0.25) is 9.78 Å². The first kappa shape index (κ1) is 7.28. The van der Waals surface area contributed by atoms with E-state index < -0.39 is 0 Å². The van der Waals surface area contributed by atoms with Crippen molar-refractivity contribution in [1.82, 2.24) is 4.98 Å². The number of ether oxygens (including phenoxy) is 1. The number of aryl methyl sites for hydroxylation is 1. The molecule has 1 aromatic heterocycles. The molecule has 0 bridgehead atoms. The van der Waals surface area contributed by atoms with Crippen molar-refractivity contribution in [3.8, 4) is 0 Å². The molecule has 0 aliphatic carbocycles. The van der Waals surface area contributed by atoms with Crippen molar-refractivity contribution in [2.75, 3.05) is 0 Å². The summed E-state index contributed by atoms with van der Waals surface area (Å²) in [7, 11) is 0. The minimum Gasteiger partial charge on any atom is -0.459 e. The van der Waals surface area contributed by atoms with Gasteiger partial charge in [-0.25, -0.2) is 0 Å². The molecule has 3 heteroatoms. The Hall–Kier alpha value is -1.38. The van der Waals surface area contributed by atoms with Crippen molar-refractivity contribution in [3.05, 3.63) is 29.1 Å². The van der Waals surface area contributed by atoms with Crippen molar-refractivity contribution in [1.29, 1.82) is 0 Å². The zero-order valence-corrected chi connectivity index (χ0v) is 6.83. The van der Waals surface area contributed by atoms with E-state index in [1.54, 1.807) is 0 Å². The number of hydrogen-bond donors (Lipinski definition) is 0. The average molecular weight is 163 g/mol. The first-order valence-electron chi connectivity index (χ1n) is 3.87. The number of aromatic nitrogens is 1. The molecule has 0 aromatic carbocycles. The number of cyclic esters (lactones) is 1. The molecule has 0 atom stereocenters. The van der Waals surface area contributed by atoms with E-state index in [4.69, 9.17) is 4.74 Å². The predicted octanol–water partition coefficient (Wildman–Crippen LogP) is 0.989. The van der Waals surface area contributed by atoms with Gasteiger partial charge >= 0.3 is 5.97 Å². The number of esters is 1. The van der Waals surface area contributed by atoms with E-state index in [-0.39, 0.29) is 5.97 Å². The van der Waals surface area contributed by atoms with Gasteiger partial charge in [0.1, 0.15) is 6.61 Å². The lowest BCUT2D eigenvalue weighted by molar-refractivity contribution is -0.145. The lowest BCUT2D eigenvalue weighted by Gasteiger charge is -2.14. The van der Waals surface area contributed by atoms with Gasteiger partial charge in [0.05, 0.1) is 12.1 Å². The van der Waals surface area contributed by atoms with E-state index in [9.17, 15) is 4.79 Å². The standard InChI is InChI=1S/C9H9NO2/c1-6-2-3-7-4-9(11)12-5-8(7)10-6/h2-3H,4-5H2,1H3. The van der Waals surface area contributed by atoms with E-state index in [1.165, 1.54) is 0 Å². The summed E-state index contributed by atoms with van der Waals surface area (Å²) in [6.07, 6.45) is 0.364.